The molecule has 3 aromatic heterocycles. The van der Waals surface area contributed by atoms with Gasteiger partial charge in [0, 0.05) is 29.5 Å². The lowest BCUT2D eigenvalue weighted by Crippen LogP contribution is -2.20. The number of benzene rings is 2. The molecule has 0 aliphatic heterocycles. The second-order valence-corrected chi connectivity index (χ2v) is 7.79. The molecule has 0 unspecified atom stereocenters. The normalized spacial score (nSPS) is 11.2. The highest BCUT2D eigenvalue weighted by atomic mass is 35.5. The van der Waals surface area contributed by atoms with Crippen molar-refractivity contribution >= 4 is 39.9 Å². The van der Waals surface area contributed by atoms with Gasteiger partial charge in [0.05, 0.1) is 11.3 Å². The van der Waals surface area contributed by atoms with E-state index in [4.69, 9.17) is 11.6 Å². The Morgan fingerprint density at radius 1 is 1.00 bits per heavy atom. The molecule has 1 N–H and O–H groups in total. The highest BCUT2D eigenvalue weighted by Crippen LogP contribution is 2.29. The van der Waals surface area contributed by atoms with Crippen LogP contribution in [0.15, 0.2) is 65.6 Å². The van der Waals surface area contributed by atoms with Crippen LogP contribution < -0.4 is 10.9 Å². The van der Waals surface area contributed by atoms with Gasteiger partial charge in [-0.2, -0.15) is 5.10 Å². The Kier molecular flexibility index (Phi) is 4.71. The third-order valence-electron chi connectivity index (χ3n) is 5.15. The van der Waals surface area contributed by atoms with Gasteiger partial charge in [0.15, 0.2) is 11.2 Å². The van der Waals surface area contributed by atoms with Crippen LogP contribution in [0.4, 0.5) is 5.69 Å². The summed E-state index contributed by atoms with van der Waals surface area (Å²) in [5.41, 5.74) is 4.85. The SMILES string of the molecule is CC(=O)Nc1ccc(-n2ccc3c(nnc4c(-c5ccc(Cl)cc5)c(C)nn43)c2=O)cc1. The maximum atomic E-state index is 13.2. The summed E-state index contributed by atoms with van der Waals surface area (Å²) in [6, 6.07) is 16.2. The van der Waals surface area contributed by atoms with Gasteiger partial charge in [-0.15, -0.1) is 10.2 Å². The summed E-state index contributed by atoms with van der Waals surface area (Å²) in [5.74, 6) is -0.160. The fraction of sp³-hybridized carbons (Fsp3) is 0.0870. The van der Waals surface area contributed by atoms with Crippen LogP contribution in [0, 0.1) is 6.92 Å². The lowest BCUT2D eigenvalue weighted by atomic mass is 10.1. The van der Waals surface area contributed by atoms with Crippen LogP contribution in [0.25, 0.3) is 33.5 Å². The standard InChI is InChI=1S/C23H17ClN6O2/c1-13-20(15-3-5-16(24)6-4-15)22-27-26-21-19(30(22)28-13)11-12-29(23(21)32)18-9-7-17(8-10-18)25-14(2)31/h3-12H,1-2H3,(H,25,31). The molecule has 0 radical (unpaired) electrons. The summed E-state index contributed by atoms with van der Waals surface area (Å²) < 4.78 is 3.13. The monoisotopic (exact) mass is 444 g/mol. The van der Waals surface area contributed by atoms with Crippen molar-refractivity contribution in [2.75, 3.05) is 5.32 Å². The smallest absolute Gasteiger partial charge is 0.285 e. The minimum absolute atomic E-state index is 0.160. The fourth-order valence-corrected chi connectivity index (χ4v) is 3.85. The van der Waals surface area contributed by atoms with Crippen molar-refractivity contribution in [3.8, 4) is 16.8 Å². The van der Waals surface area contributed by atoms with Crippen LogP contribution >= 0.6 is 11.6 Å². The zero-order chi connectivity index (χ0) is 22.4. The van der Waals surface area contributed by atoms with Crippen molar-refractivity contribution in [1.82, 2.24) is 24.4 Å². The molecule has 158 valence electrons. The number of amides is 1. The first-order valence-electron chi connectivity index (χ1n) is 9.84. The number of aromatic nitrogens is 5. The summed E-state index contributed by atoms with van der Waals surface area (Å²) in [5, 5.41) is 16.5. The number of fused-ring (bicyclic) bond motifs is 3. The second kappa shape index (κ2) is 7.58. The number of nitrogens with zero attached hydrogens (tertiary/aromatic N) is 5. The number of aryl methyl sites for hydroxylation is 1. The molecule has 0 aliphatic carbocycles. The largest absolute Gasteiger partial charge is 0.326 e. The zero-order valence-corrected chi connectivity index (χ0v) is 18.0. The van der Waals surface area contributed by atoms with Crippen molar-refractivity contribution in [1.29, 1.82) is 0 Å². The molecule has 0 bridgehead atoms. The fourth-order valence-electron chi connectivity index (χ4n) is 3.72. The molecule has 0 saturated carbocycles. The first-order chi connectivity index (χ1) is 15.4. The number of hydrogen-bond donors (Lipinski definition) is 1. The van der Waals surface area contributed by atoms with E-state index in [2.05, 4.69) is 20.6 Å². The molecule has 2 aromatic carbocycles. The third-order valence-corrected chi connectivity index (χ3v) is 5.41. The Balaban J connectivity index is 1.64. The van der Waals surface area contributed by atoms with Gasteiger partial charge in [0.2, 0.25) is 5.91 Å². The number of pyridine rings is 1. The number of hydrogen-bond acceptors (Lipinski definition) is 5. The molecule has 0 atom stereocenters. The van der Waals surface area contributed by atoms with Crippen LogP contribution in [-0.4, -0.2) is 30.3 Å². The highest BCUT2D eigenvalue weighted by Gasteiger charge is 2.17. The van der Waals surface area contributed by atoms with E-state index in [9.17, 15) is 9.59 Å². The summed E-state index contributed by atoms with van der Waals surface area (Å²) in [7, 11) is 0. The number of anilines is 1. The van der Waals surface area contributed by atoms with Crippen LogP contribution in [-0.2, 0) is 4.79 Å². The van der Waals surface area contributed by atoms with Gasteiger partial charge in [0.1, 0.15) is 5.52 Å². The Labute approximate surface area is 187 Å². The summed E-state index contributed by atoms with van der Waals surface area (Å²) >= 11 is 6.02. The lowest BCUT2D eigenvalue weighted by molar-refractivity contribution is -0.114. The second-order valence-electron chi connectivity index (χ2n) is 7.36. The van der Waals surface area contributed by atoms with Crippen LogP contribution in [0.2, 0.25) is 5.02 Å². The van der Waals surface area contributed by atoms with Gasteiger partial charge in [-0.3, -0.25) is 14.2 Å². The van der Waals surface area contributed by atoms with Crippen molar-refractivity contribution in [2.45, 2.75) is 13.8 Å². The number of rotatable bonds is 3. The van der Waals surface area contributed by atoms with Crippen molar-refractivity contribution in [3.05, 3.63) is 81.9 Å². The Morgan fingerprint density at radius 2 is 1.72 bits per heavy atom. The predicted octanol–water partition coefficient (Wildman–Crippen LogP) is 4.02. The van der Waals surface area contributed by atoms with Gasteiger partial charge in [-0.1, -0.05) is 23.7 Å². The molecule has 0 fully saturated rings. The van der Waals surface area contributed by atoms with Crippen LogP contribution in [0.1, 0.15) is 12.6 Å². The van der Waals surface area contributed by atoms with E-state index in [1.165, 1.54) is 11.5 Å². The maximum absolute atomic E-state index is 13.2. The number of halogens is 1. The van der Waals surface area contributed by atoms with E-state index in [1.54, 1.807) is 41.0 Å². The van der Waals surface area contributed by atoms with Crippen LogP contribution in [0.3, 0.4) is 0 Å². The molecular weight excluding hydrogens is 428 g/mol. The van der Waals surface area contributed by atoms with Crippen molar-refractivity contribution in [2.24, 2.45) is 0 Å². The van der Waals surface area contributed by atoms with Gasteiger partial charge < -0.3 is 5.32 Å². The predicted molar refractivity (Wildman–Crippen MR) is 123 cm³/mol. The molecule has 0 saturated heterocycles. The van der Waals surface area contributed by atoms with Crippen molar-refractivity contribution < 1.29 is 4.79 Å². The third kappa shape index (κ3) is 3.30. The van der Waals surface area contributed by atoms with E-state index in [0.717, 1.165) is 16.8 Å². The first kappa shape index (κ1) is 19.9. The topological polar surface area (TPSA) is 94.2 Å². The average molecular weight is 445 g/mol. The van der Waals surface area contributed by atoms with Gasteiger partial charge in [-0.25, -0.2) is 4.52 Å². The molecule has 1 amide bonds. The molecule has 0 aliphatic rings. The molecule has 9 heteroatoms. The first-order valence-corrected chi connectivity index (χ1v) is 10.2. The van der Waals surface area contributed by atoms with E-state index < -0.39 is 0 Å². The molecule has 5 aromatic rings. The molecule has 8 nitrogen and oxygen atoms in total. The van der Waals surface area contributed by atoms with Crippen molar-refractivity contribution in [3.63, 3.8) is 0 Å². The lowest BCUT2D eigenvalue weighted by Gasteiger charge is -2.09. The number of carbonyl (C=O) groups excluding carboxylic acids is 1. The van der Waals surface area contributed by atoms with Crippen LogP contribution in [0.5, 0.6) is 0 Å². The van der Waals surface area contributed by atoms with Gasteiger partial charge in [0.25, 0.3) is 5.56 Å². The summed E-state index contributed by atoms with van der Waals surface area (Å²) in [6.07, 6.45) is 1.68. The number of carbonyl (C=O) groups is 1. The minimum Gasteiger partial charge on any atom is -0.326 e. The Bertz CT molecular complexity index is 1550. The Morgan fingerprint density at radius 3 is 2.41 bits per heavy atom. The van der Waals surface area contributed by atoms with Gasteiger partial charge >= 0.3 is 0 Å². The summed E-state index contributed by atoms with van der Waals surface area (Å²) in [6.45, 7) is 3.33. The van der Waals surface area contributed by atoms with E-state index in [0.29, 0.717) is 27.6 Å². The molecule has 0 spiro atoms. The van der Waals surface area contributed by atoms with E-state index in [1.807, 2.05) is 31.2 Å². The highest BCUT2D eigenvalue weighted by molar-refractivity contribution is 6.30. The quantitative estimate of drug-likeness (QED) is 0.453. The molecule has 3 heterocycles. The summed E-state index contributed by atoms with van der Waals surface area (Å²) in [4.78, 5) is 24.4. The minimum atomic E-state index is -0.314. The zero-order valence-electron chi connectivity index (χ0n) is 17.2. The molecule has 5 rings (SSSR count). The molecular formula is C23H17ClN6O2. The Hall–Kier alpha value is -4.04. The number of nitrogens with one attached hydrogen (secondary N) is 1. The molecule has 32 heavy (non-hydrogen) atoms. The van der Waals surface area contributed by atoms with E-state index >= 15 is 0 Å². The van der Waals surface area contributed by atoms with E-state index in [-0.39, 0.29) is 17.0 Å². The van der Waals surface area contributed by atoms with Gasteiger partial charge in [-0.05, 0) is 55.0 Å². The maximum Gasteiger partial charge on any atom is 0.285 e. The average Bonchev–Trinajstić information content (AvgIpc) is 3.11.